The van der Waals surface area contributed by atoms with Crippen LogP contribution in [0.1, 0.15) is 5.69 Å². The molecule has 3 heteroatoms. The summed E-state index contributed by atoms with van der Waals surface area (Å²) in [6.45, 7) is 5.76. The van der Waals surface area contributed by atoms with Gasteiger partial charge in [0, 0.05) is 35.4 Å². The molecular weight excluding hydrogens is 200 g/mol. The third-order valence-corrected chi connectivity index (χ3v) is 3.12. The monoisotopic (exact) mass is 216 g/mol. The first-order chi connectivity index (χ1) is 7.83. The molecule has 1 aliphatic rings. The van der Waals surface area contributed by atoms with Gasteiger partial charge in [-0.05, 0) is 31.2 Å². The largest absolute Gasteiger partial charge is 0.378 e. The van der Waals surface area contributed by atoms with Gasteiger partial charge in [-0.25, -0.2) is 0 Å². The quantitative estimate of drug-likeness (QED) is 0.792. The van der Waals surface area contributed by atoms with Gasteiger partial charge in [0.05, 0.1) is 13.2 Å². The van der Waals surface area contributed by atoms with E-state index in [9.17, 15) is 0 Å². The second-order valence-electron chi connectivity index (χ2n) is 4.32. The van der Waals surface area contributed by atoms with Crippen LogP contribution in [0.25, 0.3) is 10.9 Å². The Hall–Kier alpha value is -1.48. The first kappa shape index (κ1) is 9.73. The standard InChI is InChI=1S/C13H16N2O/c1-10-8-11-9-12(2-3-13(11)14-10)15-4-6-16-7-5-15/h2-3,8-9,14H,4-7H2,1H3. The Morgan fingerprint density at radius 1 is 1.19 bits per heavy atom. The maximum atomic E-state index is 5.36. The van der Waals surface area contributed by atoms with Crippen LogP contribution in [0.3, 0.4) is 0 Å². The van der Waals surface area contributed by atoms with Gasteiger partial charge in [-0.1, -0.05) is 0 Å². The molecule has 3 nitrogen and oxygen atoms in total. The lowest BCUT2D eigenvalue weighted by molar-refractivity contribution is 0.122. The topological polar surface area (TPSA) is 28.3 Å². The predicted octanol–water partition coefficient (Wildman–Crippen LogP) is 2.31. The number of anilines is 1. The number of hydrogen-bond acceptors (Lipinski definition) is 2. The lowest BCUT2D eigenvalue weighted by Crippen LogP contribution is -2.36. The molecule has 1 aromatic carbocycles. The number of aromatic amines is 1. The van der Waals surface area contributed by atoms with Crippen molar-refractivity contribution in [2.24, 2.45) is 0 Å². The Labute approximate surface area is 95.0 Å². The maximum Gasteiger partial charge on any atom is 0.0642 e. The fraction of sp³-hybridized carbons (Fsp3) is 0.385. The van der Waals surface area contributed by atoms with Gasteiger partial charge in [0.1, 0.15) is 0 Å². The minimum Gasteiger partial charge on any atom is -0.378 e. The van der Waals surface area contributed by atoms with Crippen LogP contribution >= 0.6 is 0 Å². The van der Waals surface area contributed by atoms with E-state index >= 15 is 0 Å². The van der Waals surface area contributed by atoms with E-state index < -0.39 is 0 Å². The van der Waals surface area contributed by atoms with Crippen molar-refractivity contribution in [2.75, 3.05) is 31.2 Å². The van der Waals surface area contributed by atoms with E-state index in [1.165, 1.54) is 22.3 Å². The molecule has 0 aliphatic carbocycles. The molecule has 0 unspecified atom stereocenters. The molecule has 1 N–H and O–H groups in total. The Kier molecular flexibility index (Phi) is 2.33. The second-order valence-corrected chi connectivity index (χ2v) is 4.32. The number of rotatable bonds is 1. The summed E-state index contributed by atoms with van der Waals surface area (Å²) in [4.78, 5) is 5.73. The highest BCUT2D eigenvalue weighted by Gasteiger charge is 2.11. The van der Waals surface area contributed by atoms with Gasteiger partial charge in [0.25, 0.3) is 0 Å². The average molecular weight is 216 g/mol. The highest BCUT2D eigenvalue weighted by molar-refractivity contribution is 5.84. The predicted molar refractivity (Wildman–Crippen MR) is 66.1 cm³/mol. The van der Waals surface area contributed by atoms with Gasteiger partial charge in [0.2, 0.25) is 0 Å². The van der Waals surface area contributed by atoms with Crippen molar-refractivity contribution in [1.29, 1.82) is 0 Å². The molecule has 0 atom stereocenters. The molecule has 84 valence electrons. The molecule has 3 rings (SSSR count). The van der Waals surface area contributed by atoms with Gasteiger partial charge < -0.3 is 14.6 Å². The summed E-state index contributed by atoms with van der Waals surface area (Å²) in [5.74, 6) is 0. The average Bonchev–Trinajstić information content (AvgIpc) is 2.69. The van der Waals surface area contributed by atoms with Crippen LogP contribution in [0.5, 0.6) is 0 Å². The first-order valence-corrected chi connectivity index (χ1v) is 5.75. The van der Waals surface area contributed by atoms with E-state index in [4.69, 9.17) is 4.74 Å². The van der Waals surface area contributed by atoms with Gasteiger partial charge in [-0.15, -0.1) is 0 Å². The van der Waals surface area contributed by atoms with E-state index in [1.54, 1.807) is 0 Å². The maximum absolute atomic E-state index is 5.36. The van der Waals surface area contributed by atoms with Crippen molar-refractivity contribution in [3.8, 4) is 0 Å². The van der Waals surface area contributed by atoms with Crippen molar-refractivity contribution in [1.82, 2.24) is 4.98 Å². The smallest absolute Gasteiger partial charge is 0.0642 e. The lowest BCUT2D eigenvalue weighted by Gasteiger charge is -2.28. The summed E-state index contributed by atoms with van der Waals surface area (Å²) in [6.07, 6.45) is 0. The highest BCUT2D eigenvalue weighted by Crippen LogP contribution is 2.23. The molecular formula is C13H16N2O. The molecule has 0 radical (unpaired) electrons. The van der Waals surface area contributed by atoms with Gasteiger partial charge in [0.15, 0.2) is 0 Å². The van der Waals surface area contributed by atoms with E-state index in [1.807, 2.05) is 0 Å². The number of morpholine rings is 1. The van der Waals surface area contributed by atoms with Gasteiger partial charge in [-0.2, -0.15) is 0 Å². The van der Waals surface area contributed by atoms with Crippen LogP contribution in [0.2, 0.25) is 0 Å². The van der Waals surface area contributed by atoms with Crippen molar-refractivity contribution >= 4 is 16.6 Å². The molecule has 1 aliphatic heterocycles. The van der Waals surface area contributed by atoms with Crippen LogP contribution in [0.4, 0.5) is 5.69 Å². The second kappa shape index (κ2) is 3.83. The molecule has 16 heavy (non-hydrogen) atoms. The summed E-state index contributed by atoms with van der Waals surface area (Å²) in [5.41, 5.74) is 3.73. The summed E-state index contributed by atoms with van der Waals surface area (Å²) < 4.78 is 5.36. The van der Waals surface area contributed by atoms with Crippen LogP contribution in [-0.4, -0.2) is 31.3 Å². The van der Waals surface area contributed by atoms with E-state index in [-0.39, 0.29) is 0 Å². The minimum atomic E-state index is 0.838. The van der Waals surface area contributed by atoms with Crippen LogP contribution in [-0.2, 0) is 4.74 Å². The Morgan fingerprint density at radius 2 is 2.00 bits per heavy atom. The zero-order chi connectivity index (χ0) is 11.0. The van der Waals surface area contributed by atoms with E-state index in [2.05, 4.69) is 41.1 Å². The van der Waals surface area contributed by atoms with Gasteiger partial charge >= 0.3 is 0 Å². The molecule has 0 spiro atoms. The molecule has 0 bridgehead atoms. The van der Waals surface area contributed by atoms with Crippen LogP contribution in [0, 0.1) is 6.92 Å². The molecule has 1 aromatic heterocycles. The van der Waals surface area contributed by atoms with Gasteiger partial charge in [-0.3, -0.25) is 0 Å². The highest BCUT2D eigenvalue weighted by atomic mass is 16.5. The third kappa shape index (κ3) is 1.67. The number of hydrogen-bond donors (Lipinski definition) is 1. The molecule has 1 fully saturated rings. The number of H-pyrrole nitrogens is 1. The first-order valence-electron chi connectivity index (χ1n) is 5.75. The van der Waals surface area contributed by atoms with Crippen molar-refractivity contribution in [2.45, 2.75) is 6.92 Å². The summed E-state index contributed by atoms with van der Waals surface area (Å²) in [7, 11) is 0. The summed E-state index contributed by atoms with van der Waals surface area (Å²) in [6, 6.07) is 8.79. The molecule has 0 amide bonds. The Bertz CT molecular complexity index is 498. The SMILES string of the molecule is Cc1cc2cc(N3CCOCC3)ccc2[nH]1. The fourth-order valence-corrected chi connectivity index (χ4v) is 2.28. The molecule has 2 heterocycles. The molecule has 1 saturated heterocycles. The van der Waals surface area contributed by atoms with Crippen LogP contribution < -0.4 is 4.90 Å². The fourth-order valence-electron chi connectivity index (χ4n) is 2.28. The van der Waals surface area contributed by atoms with Crippen molar-refractivity contribution < 1.29 is 4.74 Å². The number of fused-ring (bicyclic) bond motifs is 1. The van der Waals surface area contributed by atoms with E-state index in [0.29, 0.717) is 0 Å². The number of nitrogens with one attached hydrogen (secondary N) is 1. The number of nitrogens with zero attached hydrogens (tertiary/aromatic N) is 1. The summed E-state index contributed by atoms with van der Waals surface area (Å²) >= 11 is 0. The van der Waals surface area contributed by atoms with Crippen LogP contribution in [0.15, 0.2) is 24.3 Å². The van der Waals surface area contributed by atoms with Crippen molar-refractivity contribution in [3.05, 3.63) is 30.0 Å². The Balaban J connectivity index is 1.97. The zero-order valence-corrected chi connectivity index (χ0v) is 9.49. The molecule has 2 aromatic rings. The third-order valence-electron chi connectivity index (χ3n) is 3.12. The number of benzene rings is 1. The summed E-state index contributed by atoms with van der Waals surface area (Å²) in [5, 5.41) is 1.29. The lowest BCUT2D eigenvalue weighted by atomic mass is 10.2. The zero-order valence-electron chi connectivity index (χ0n) is 9.49. The number of aryl methyl sites for hydroxylation is 1. The minimum absolute atomic E-state index is 0.838. The van der Waals surface area contributed by atoms with E-state index in [0.717, 1.165) is 26.3 Å². The normalized spacial score (nSPS) is 16.9. The number of aromatic nitrogens is 1. The Morgan fingerprint density at radius 3 is 2.81 bits per heavy atom. The van der Waals surface area contributed by atoms with Crippen molar-refractivity contribution in [3.63, 3.8) is 0 Å². The number of ether oxygens (including phenoxy) is 1. The molecule has 0 saturated carbocycles.